The SMILES string of the molecule is NC(COC1CCC1)c1noc(-c2cc(F)cc(Br)c2)n1. The highest BCUT2D eigenvalue weighted by Gasteiger charge is 2.21. The van der Waals surface area contributed by atoms with Gasteiger partial charge in [0.15, 0.2) is 5.82 Å². The molecule has 21 heavy (non-hydrogen) atoms. The van der Waals surface area contributed by atoms with Crippen molar-refractivity contribution in [2.45, 2.75) is 31.4 Å². The van der Waals surface area contributed by atoms with Crippen LogP contribution in [0, 0.1) is 5.82 Å². The molecule has 1 unspecified atom stereocenters. The zero-order valence-corrected chi connectivity index (χ0v) is 12.8. The first-order valence-electron chi connectivity index (χ1n) is 6.79. The molecule has 0 saturated heterocycles. The van der Waals surface area contributed by atoms with Gasteiger partial charge in [0.1, 0.15) is 5.82 Å². The van der Waals surface area contributed by atoms with E-state index in [-0.39, 0.29) is 11.7 Å². The number of nitrogens with two attached hydrogens (primary N) is 1. The lowest BCUT2D eigenvalue weighted by molar-refractivity contribution is -0.00549. The van der Waals surface area contributed by atoms with Crippen LogP contribution in [0.2, 0.25) is 0 Å². The quantitative estimate of drug-likeness (QED) is 0.891. The summed E-state index contributed by atoms with van der Waals surface area (Å²) in [7, 11) is 0. The van der Waals surface area contributed by atoms with E-state index in [1.807, 2.05) is 0 Å². The third kappa shape index (κ3) is 3.48. The van der Waals surface area contributed by atoms with Crippen LogP contribution in [0.5, 0.6) is 0 Å². The van der Waals surface area contributed by atoms with E-state index in [4.69, 9.17) is 15.0 Å². The molecule has 1 saturated carbocycles. The van der Waals surface area contributed by atoms with Crippen LogP contribution in [-0.4, -0.2) is 22.9 Å². The zero-order chi connectivity index (χ0) is 14.8. The summed E-state index contributed by atoms with van der Waals surface area (Å²) in [6, 6.07) is 3.95. The van der Waals surface area contributed by atoms with Gasteiger partial charge >= 0.3 is 0 Å². The number of hydrogen-bond acceptors (Lipinski definition) is 5. The van der Waals surface area contributed by atoms with Crippen LogP contribution in [0.1, 0.15) is 31.1 Å². The Labute approximate surface area is 129 Å². The maximum atomic E-state index is 13.4. The Balaban J connectivity index is 1.69. The fraction of sp³-hybridized carbons (Fsp3) is 0.429. The molecule has 1 atom stereocenters. The molecule has 1 aromatic carbocycles. The van der Waals surface area contributed by atoms with Crippen molar-refractivity contribution in [1.82, 2.24) is 10.1 Å². The van der Waals surface area contributed by atoms with Crippen molar-refractivity contribution in [1.29, 1.82) is 0 Å². The number of aromatic nitrogens is 2. The molecule has 1 fully saturated rings. The Bertz CT molecular complexity index is 610. The lowest BCUT2D eigenvalue weighted by Crippen LogP contribution is -2.27. The summed E-state index contributed by atoms with van der Waals surface area (Å²) in [5.41, 5.74) is 6.49. The monoisotopic (exact) mass is 355 g/mol. The van der Waals surface area contributed by atoms with Gasteiger partial charge in [-0.05, 0) is 37.5 Å². The maximum absolute atomic E-state index is 13.4. The summed E-state index contributed by atoms with van der Waals surface area (Å²) in [5.74, 6) is 0.228. The van der Waals surface area contributed by atoms with Gasteiger partial charge in [-0.15, -0.1) is 0 Å². The van der Waals surface area contributed by atoms with Gasteiger partial charge in [0.05, 0.1) is 18.8 Å². The van der Waals surface area contributed by atoms with E-state index < -0.39 is 6.04 Å². The number of rotatable bonds is 5. The summed E-state index contributed by atoms with van der Waals surface area (Å²) < 4.78 is 24.8. The molecule has 0 amide bonds. The Hall–Kier alpha value is -1.31. The Morgan fingerprint density at radius 1 is 1.43 bits per heavy atom. The first-order valence-corrected chi connectivity index (χ1v) is 7.58. The highest BCUT2D eigenvalue weighted by molar-refractivity contribution is 9.10. The summed E-state index contributed by atoms with van der Waals surface area (Å²) in [6.07, 6.45) is 3.69. The lowest BCUT2D eigenvalue weighted by Gasteiger charge is -2.26. The summed E-state index contributed by atoms with van der Waals surface area (Å²) in [5, 5.41) is 3.84. The predicted molar refractivity (Wildman–Crippen MR) is 77.9 cm³/mol. The van der Waals surface area contributed by atoms with Crippen molar-refractivity contribution in [2.75, 3.05) is 6.61 Å². The Kier molecular flexibility index (Phi) is 4.32. The van der Waals surface area contributed by atoms with Crippen LogP contribution in [0.4, 0.5) is 4.39 Å². The number of hydrogen-bond donors (Lipinski definition) is 1. The van der Waals surface area contributed by atoms with Gasteiger partial charge in [0.25, 0.3) is 5.89 Å². The van der Waals surface area contributed by atoms with E-state index >= 15 is 0 Å². The normalized spacial score (nSPS) is 16.7. The fourth-order valence-corrected chi connectivity index (χ4v) is 2.50. The van der Waals surface area contributed by atoms with Crippen molar-refractivity contribution in [2.24, 2.45) is 5.73 Å². The Morgan fingerprint density at radius 2 is 2.24 bits per heavy atom. The van der Waals surface area contributed by atoms with Crippen LogP contribution in [0.15, 0.2) is 27.2 Å². The standard InChI is InChI=1S/C14H15BrFN3O2/c15-9-4-8(5-10(16)6-9)14-18-13(19-21-14)12(17)7-20-11-2-1-3-11/h4-6,11-12H,1-3,7,17H2. The molecule has 0 bridgehead atoms. The smallest absolute Gasteiger partial charge is 0.258 e. The molecule has 0 radical (unpaired) electrons. The lowest BCUT2D eigenvalue weighted by atomic mass is 9.96. The molecule has 1 aliphatic rings. The second-order valence-corrected chi connectivity index (χ2v) is 6.02. The van der Waals surface area contributed by atoms with Crippen molar-refractivity contribution < 1.29 is 13.7 Å². The molecule has 1 heterocycles. The fourth-order valence-electron chi connectivity index (χ4n) is 2.03. The molecule has 7 heteroatoms. The van der Waals surface area contributed by atoms with Gasteiger partial charge < -0.3 is 15.0 Å². The molecule has 1 aliphatic carbocycles. The second-order valence-electron chi connectivity index (χ2n) is 5.11. The number of ether oxygens (including phenoxy) is 1. The van der Waals surface area contributed by atoms with Crippen molar-refractivity contribution >= 4 is 15.9 Å². The van der Waals surface area contributed by atoms with Crippen LogP contribution in [0.3, 0.4) is 0 Å². The molecular formula is C14H15BrFN3O2. The van der Waals surface area contributed by atoms with Crippen molar-refractivity contribution in [3.63, 3.8) is 0 Å². The average molecular weight is 356 g/mol. The second kappa shape index (κ2) is 6.21. The molecule has 1 aromatic heterocycles. The Morgan fingerprint density at radius 3 is 2.90 bits per heavy atom. The minimum absolute atomic E-state index is 0.240. The van der Waals surface area contributed by atoms with Crippen LogP contribution in [-0.2, 0) is 4.74 Å². The van der Waals surface area contributed by atoms with Crippen molar-refractivity contribution in [3.05, 3.63) is 34.3 Å². The van der Waals surface area contributed by atoms with Crippen LogP contribution in [0.25, 0.3) is 11.5 Å². The van der Waals surface area contributed by atoms with E-state index in [0.717, 1.165) is 12.8 Å². The molecule has 2 aromatic rings. The highest BCUT2D eigenvalue weighted by Crippen LogP contribution is 2.25. The van der Waals surface area contributed by atoms with Crippen LogP contribution < -0.4 is 5.73 Å². The third-order valence-electron chi connectivity index (χ3n) is 3.45. The molecule has 2 N–H and O–H groups in total. The first kappa shape index (κ1) is 14.6. The highest BCUT2D eigenvalue weighted by atomic mass is 79.9. The molecule has 3 rings (SSSR count). The molecular weight excluding hydrogens is 341 g/mol. The summed E-state index contributed by atoms with van der Waals surface area (Å²) in [4.78, 5) is 4.21. The summed E-state index contributed by atoms with van der Waals surface area (Å²) >= 11 is 3.23. The minimum atomic E-state index is -0.444. The zero-order valence-electron chi connectivity index (χ0n) is 11.3. The largest absolute Gasteiger partial charge is 0.376 e. The van der Waals surface area contributed by atoms with Crippen LogP contribution >= 0.6 is 15.9 Å². The first-order chi connectivity index (χ1) is 10.1. The topological polar surface area (TPSA) is 74.2 Å². The van der Waals surface area contributed by atoms with Crippen molar-refractivity contribution in [3.8, 4) is 11.5 Å². The van der Waals surface area contributed by atoms with Gasteiger partial charge in [-0.3, -0.25) is 0 Å². The molecule has 0 spiro atoms. The van der Waals surface area contributed by atoms with E-state index in [2.05, 4.69) is 26.1 Å². The molecule has 0 aliphatic heterocycles. The maximum Gasteiger partial charge on any atom is 0.258 e. The third-order valence-corrected chi connectivity index (χ3v) is 3.90. The van der Waals surface area contributed by atoms with Gasteiger partial charge in [-0.25, -0.2) is 4.39 Å². The van der Waals surface area contributed by atoms with Gasteiger partial charge in [0.2, 0.25) is 0 Å². The van der Waals surface area contributed by atoms with E-state index in [0.29, 0.717) is 28.6 Å². The summed E-state index contributed by atoms with van der Waals surface area (Å²) in [6.45, 7) is 0.358. The van der Waals surface area contributed by atoms with Gasteiger partial charge in [-0.1, -0.05) is 21.1 Å². The number of halogens is 2. The number of benzene rings is 1. The minimum Gasteiger partial charge on any atom is -0.376 e. The van der Waals surface area contributed by atoms with Gasteiger partial charge in [0, 0.05) is 10.0 Å². The molecule has 5 nitrogen and oxygen atoms in total. The van der Waals surface area contributed by atoms with E-state index in [1.54, 1.807) is 6.07 Å². The average Bonchev–Trinajstić information content (AvgIpc) is 2.85. The predicted octanol–water partition coefficient (Wildman–Crippen LogP) is 3.21. The number of nitrogens with zero attached hydrogens (tertiary/aromatic N) is 2. The van der Waals surface area contributed by atoms with E-state index in [1.165, 1.54) is 18.6 Å². The van der Waals surface area contributed by atoms with Gasteiger partial charge in [-0.2, -0.15) is 4.98 Å². The molecule has 112 valence electrons. The van der Waals surface area contributed by atoms with E-state index in [9.17, 15) is 4.39 Å².